The van der Waals surface area contributed by atoms with Gasteiger partial charge in [0.15, 0.2) is 5.90 Å². The molecule has 1 aliphatic rings. The Balaban J connectivity index is 2.10. The van der Waals surface area contributed by atoms with Gasteiger partial charge in [-0.25, -0.2) is 4.99 Å². The number of para-hydroxylation sites is 1. The average molecular weight is 373 g/mol. The molecule has 0 spiro atoms. The topological polar surface area (TPSA) is 71.0 Å². The van der Waals surface area contributed by atoms with Gasteiger partial charge in [0.05, 0.1) is 6.61 Å². The van der Waals surface area contributed by atoms with Crippen LogP contribution in [-0.4, -0.2) is 42.4 Å². The number of nitrogens with one attached hydrogen (secondary N) is 1. The molecule has 1 fully saturated rings. The largest absolute Gasteiger partial charge is 0.480 e. The lowest BCUT2D eigenvalue weighted by Crippen LogP contribution is -2.59. The summed E-state index contributed by atoms with van der Waals surface area (Å²) in [6.07, 6.45) is 0.697. The van der Waals surface area contributed by atoms with E-state index in [-0.39, 0.29) is 17.2 Å². The summed E-state index contributed by atoms with van der Waals surface area (Å²) in [5.41, 5.74) is -1.31. The van der Waals surface area contributed by atoms with Gasteiger partial charge in [0.25, 0.3) is 5.91 Å². The number of carbonyl (C=O) groups is 2. The highest BCUT2D eigenvalue weighted by Gasteiger charge is 2.39. The number of nitrogens with zero attached hydrogens (tertiary/aromatic N) is 2. The molecule has 2 amide bonds. The molecule has 1 heterocycles. The van der Waals surface area contributed by atoms with Crippen molar-refractivity contribution < 1.29 is 14.3 Å². The zero-order valence-corrected chi connectivity index (χ0v) is 17.4. The van der Waals surface area contributed by atoms with E-state index in [9.17, 15) is 9.59 Å². The second-order valence-electron chi connectivity index (χ2n) is 8.97. The molecule has 1 N–H and O–H groups in total. The molecular formula is C21H31N3O3. The molecule has 0 radical (unpaired) electrons. The predicted molar refractivity (Wildman–Crippen MR) is 108 cm³/mol. The highest BCUT2D eigenvalue weighted by atomic mass is 16.5. The molecule has 0 aliphatic carbocycles. The van der Waals surface area contributed by atoms with Gasteiger partial charge in [-0.3, -0.25) is 9.59 Å². The highest BCUT2D eigenvalue weighted by molar-refractivity contribution is 6.02. The van der Waals surface area contributed by atoms with Gasteiger partial charge >= 0.3 is 0 Å². The van der Waals surface area contributed by atoms with E-state index in [1.807, 2.05) is 30.3 Å². The first-order valence-corrected chi connectivity index (χ1v) is 9.21. The number of hydrogen-bond acceptors (Lipinski definition) is 4. The average Bonchev–Trinajstić information content (AvgIpc) is 2.91. The van der Waals surface area contributed by atoms with Crippen molar-refractivity contribution in [2.24, 2.45) is 10.4 Å². The Kier molecular flexibility index (Phi) is 5.68. The second kappa shape index (κ2) is 7.33. The Morgan fingerprint density at radius 1 is 1.15 bits per heavy atom. The summed E-state index contributed by atoms with van der Waals surface area (Å²) >= 11 is 0. The SMILES string of the molecule is CN(C(=O)C(C)(C)NC(=O)C(C)(C)N=C1CC(C)(C)CO1)c1ccccc1. The first-order chi connectivity index (χ1) is 12.3. The molecule has 6 heteroatoms. The standard InChI is InChI=1S/C21H31N3O3/c1-19(2)13-16(27-14-19)22-20(3,4)17(25)23-21(5,6)18(26)24(7)15-11-9-8-10-12-15/h8-12H,13-14H2,1-7H3,(H,23,25). The molecule has 6 nitrogen and oxygen atoms in total. The molecule has 2 rings (SSSR count). The third-order valence-corrected chi connectivity index (χ3v) is 4.63. The maximum Gasteiger partial charge on any atom is 0.251 e. The number of aliphatic imine (C=N–C) groups is 1. The number of hydrogen-bond donors (Lipinski definition) is 1. The molecule has 148 valence electrons. The van der Waals surface area contributed by atoms with Crippen molar-refractivity contribution in [3.8, 4) is 0 Å². The lowest BCUT2D eigenvalue weighted by molar-refractivity contribution is -0.132. The summed E-state index contributed by atoms with van der Waals surface area (Å²) in [7, 11) is 1.70. The maximum atomic E-state index is 12.9. The Bertz CT molecular complexity index is 736. The Morgan fingerprint density at radius 3 is 2.26 bits per heavy atom. The van der Waals surface area contributed by atoms with Crippen molar-refractivity contribution >= 4 is 23.4 Å². The van der Waals surface area contributed by atoms with Gasteiger partial charge in [-0.1, -0.05) is 32.0 Å². The lowest BCUT2D eigenvalue weighted by Gasteiger charge is -2.32. The summed E-state index contributed by atoms with van der Waals surface area (Å²) < 4.78 is 5.62. The van der Waals surface area contributed by atoms with Crippen LogP contribution in [0.2, 0.25) is 0 Å². The van der Waals surface area contributed by atoms with E-state index in [1.54, 1.807) is 39.6 Å². The van der Waals surface area contributed by atoms with Crippen molar-refractivity contribution in [2.75, 3.05) is 18.6 Å². The number of likely N-dealkylation sites (N-methyl/N-ethyl adjacent to an activating group) is 1. The summed E-state index contributed by atoms with van der Waals surface area (Å²) in [6.45, 7) is 11.6. The van der Waals surface area contributed by atoms with Crippen LogP contribution in [0.25, 0.3) is 0 Å². The normalized spacial score (nSPS) is 18.1. The molecule has 1 saturated heterocycles. The van der Waals surface area contributed by atoms with E-state index in [1.165, 1.54) is 0 Å². The summed E-state index contributed by atoms with van der Waals surface area (Å²) in [4.78, 5) is 31.8. The van der Waals surface area contributed by atoms with Gasteiger partial charge in [0.2, 0.25) is 5.91 Å². The molecule has 0 atom stereocenters. The number of anilines is 1. The third kappa shape index (κ3) is 5.08. The van der Waals surface area contributed by atoms with Gasteiger partial charge in [-0.05, 0) is 39.8 Å². The fourth-order valence-corrected chi connectivity index (χ4v) is 2.90. The van der Waals surface area contributed by atoms with Gasteiger partial charge < -0.3 is 15.0 Å². The molecule has 0 bridgehead atoms. The number of benzene rings is 1. The minimum Gasteiger partial charge on any atom is -0.480 e. The zero-order chi connectivity index (χ0) is 20.5. The van der Waals surface area contributed by atoms with Gasteiger partial charge in [0, 0.05) is 24.6 Å². The minimum absolute atomic E-state index is 0.0268. The Labute approximate surface area is 162 Å². The Morgan fingerprint density at radius 2 is 1.74 bits per heavy atom. The number of ether oxygens (including phenoxy) is 1. The van der Waals surface area contributed by atoms with Crippen LogP contribution in [0.3, 0.4) is 0 Å². The molecule has 0 saturated carbocycles. The van der Waals surface area contributed by atoms with Crippen LogP contribution in [-0.2, 0) is 14.3 Å². The fourth-order valence-electron chi connectivity index (χ4n) is 2.90. The zero-order valence-electron chi connectivity index (χ0n) is 17.4. The van der Waals surface area contributed by atoms with E-state index >= 15 is 0 Å². The lowest BCUT2D eigenvalue weighted by atomic mass is 9.92. The Hall–Kier alpha value is -2.37. The van der Waals surface area contributed by atoms with E-state index in [2.05, 4.69) is 24.2 Å². The molecule has 27 heavy (non-hydrogen) atoms. The summed E-state index contributed by atoms with van der Waals surface area (Å²) in [5, 5.41) is 2.85. The van der Waals surface area contributed by atoms with E-state index in [0.29, 0.717) is 18.9 Å². The monoisotopic (exact) mass is 373 g/mol. The van der Waals surface area contributed by atoms with Crippen molar-refractivity contribution in [3.63, 3.8) is 0 Å². The fraction of sp³-hybridized carbons (Fsp3) is 0.571. The number of amides is 2. The summed E-state index contributed by atoms with van der Waals surface area (Å²) in [6, 6.07) is 9.33. The molecule has 1 aliphatic heterocycles. The van der Waals surface area contributed by atoms with Crippen LogP contribution >= 0.6 is 0 Å². The third-order valence-electron chi connectivity index (χ3n) is 4.63. The predicted octanol–water partition coefficient (Wildman–Crippen LogP) is 3.17. The minimum atomic E-state index is -1.07. The molecular weight excluding hydrogens is 342 g/mol. The van der Waals surface area contributed by atoms with Gasteiger partial charge in [-0.15, -0.1) is 0 Å². The van der Waals surface area contributed by atoms with Crippen LogP contribution in [0.5, 0.6) is 0 Å². The second-order valence-corrected chi connectivity index (χ2v) is 8.97. The first kappa shape index (κ1) is 20.9. The van der Waals surface area contributed by atoms with E-state index < -0.39 is 11.1 Å². The quantitative estimate of drug-likeness (QED) is 0.862. The van der Waals surface area contributed by atoms with Gasteiger partial charge in [-0.2, -0.15) is 0 Å². The number of carbonyl (C=O) groups excluding carboxylic acids is 2. The van der Waals surface area contributed by atoms with Crippen LogP contribution in [0, 0.1) is 5.41 Å². The van der Waals surface area contributed by atoms with Crippen molar-refractivity contribution in [1.82, 2.24) is 5.32 Å². The summed E-state index contributed by atoms with van der Waals surface area (Å²) in [5.74, 6) is 0.0672. The van der Waals surface area contributed by atoms with Gasteiger partial charge in [0.1, 0.15) is 11.1 Å². The molecule has 1 aromatic rings. The van der Waals surface area contributed by atoms with E-state index in [4.69, 9.17) is 4.74 Å². The van der Waals surface area contributed by atoms with Crippen molar-refractivity contribution in [3.05, 3.63) is 30.3 Å². The van der Waals surface area contributed by atoms with E-state index in [0.717, 1.165) is 5.69 Å². The van der Waals surface area contributed by atoms with Crippen molar-refractivity contribution in [2.45, 2.75) is 59.0 Å². The molecule has 1 aromatic carbocycles. The van der Waals surface area contributed by atoms with Crippen LogP contribution < -0.4 is 10.2 Å². The maximum absolute atomic E-state index is 12.9. The van der Waals surface area contributed by atoms with Crippen LogP contribution in [0.4, 0.5) is 5.69 Å². The van der Waals surface area contributed by atoms with Crippen LogP contribution in [0.1, 0.15) is 48.0 Å². The molecule has 0 aromatic heterocycles. The van der Waals surface area contributed by atoms with Crippen LogP contribution in [0.15, 0.2) is 35.3 Å². The van der Waals surface area contributed by atoms with Crippen molar-refractivity contribution in [1.29, 1.82) is 0 Å². The highest BCUT2D eigenvalue weighted by Crippen LogP contribution is 2.29. The smallest absolute Gasteiger partial charge is 0.251 e. The number of rotatable bonds is 5. The molecule has 0 unspecified atom stereocenters. The first-order valence-electron chi connectivity index (χ1n) is 9.21.